The van der Waals surface area contributed by atoms with Crippen molar-refractivity contribution in [3.05, 3.63) is 83.7 Å². The first-order valence-electron chi connectivity index (χ1n) is 11.5. The van der Waals surface area contributed by atoms with E-state index in [-0.39, 0.29) is 16.6 Å². The Morgan fingerprint density at radius 1 is 1.05 bits per heavy atom. The third-order valence-corrected chi connectivity index (χ3v) is 7.47. The Hall–Kier alpha value is -4.48. The summed E-state index contributed by atoms with van der Waals surface area (Å²) in [4.78, 5) is 15.5. The van der Waals surface area contributed by atoms with Gasteiger partial charge in [0.1, 0.15) is 5.69 Å². The summed E-state index contributed by atoms with van der Waals surface area (Å²) in [5.41, 5.74) is 11.2. The maximum Gasteiger partial charge on any atom is 0.277 e. The molecule has 186 valence electrons. The quantitative estimate of drug-likeness (QED) is 0.373. The Labute approximate surface area is 212 Å². The zero-order valence-corrected chi connectivity index (χ0v) is 20.6. The van der Waals surface area contributed by atoms with Crippen molar-refractivity contribution in [2.75, 3.05) is 17.2 Å². The van der Waals surface area contributed by atoms with Crippen LogP contribution in [0.2, 0.25) is 0 Å². The number of nitrogen functional groups attached to an aromatic ring is 1. The number of rotatable bonds is 4. The molecule has 37 heavy (non-hydrogen) atoms. The highest BCUT2D eigenvalue weighted by Gasteiger charge is 2.29. The molecular formula is C26H22N6O4S. The molecule has 3 heterocycles. The Balaban J connectivity index is 1.37. The van der Waals surface area contributed by atoms with Gasteiger partial charge in [-0.1, -0.05) is 29.4 Å². The molecule has 0 atom stereocenters. The number of aromatic nitrogens is 3. The van der Waals surface area contributed by atoms with Crippen LogP contribution in [0, 0.1) is 6.92 Å². The van der Waals surface area contributed by atoms with Gasteiger partial charge in [0.15, 0.2) is 11.4 Å². The highest BCUT2D eigenvalue weighted by atomic mass is 32.2. The van der Waals surface area contributed by atoms with Gasteiger partial charge in [-0.3, -0.25) is 4.79 Å². The summed E-state index contributed by atoms with van der Waals surface area (Å²) >= 11 is 0. The lowest BCUT2D eigenvalue weighted by molar-refractivity contribution is 0.0982. The first kappa shape index (κ1) is 23.0. The van der Waals surface area contributed by atoms with Gasteiger partial charge >= 0.3 is 0 Å². The Bertz CT molecular complexity index is 1820. The summed E-state index contributed by atoms with van der Waals surface area (Å²) in [7, 11) is -3.89. The SMILES string of the molecule is Cc1cc(C(=O)N2CCc3cc(-c4ccccc4S(N)(=O)=O)ccc32)n(-c2ccc3onc(N)c3c2)n1. The summed E-state index contributed by atoms with van der Waals surface area (Å²) in [6, 6.07) is 19.2. The van der Waals surface area contributed by atoms with Gasteiger partial charge in [-0.2, -0.15) is 5.10 Å². The average molecular weight is 515 g/mol. The van der Waals surface area contributed by atoms with Crippen LogP contribution in [0.4, 0.5) is 11.5 Å². The molecule has 3 aromatic carbocycles. The van der Waals surface area contributed by atoms with Crippen molar-refractivity contribution < 1.29 is 17.7 Å². The number of carbonyl (C=O) groups excluding carboxylic acids is 1. The summed E-state index contributed by atoms with van der Waals surface area (Å²) in [6.07, 6.45) is 0.628. The zero-order valence-electron chi connectivity index (χ0n) is 19.7. The molecule has 4 N–H and O–H groups in total. The van der Waals surface area contributed by atoms with Crippen LogP contribution in [-0.4, -0.2) is 35.8 Å². The van der Waals surface area contributed by atoms with Gasteiger partial charge < -0.3 is 15.2 Å². The van der Waals surface area contributed by atoms with Crippen molar-refractivity contribution in [2.24, 2.45) is 5.14 Å². The van der Waals surface area contributed by atoms with Gasteiger partial charge in [0.2, 0.25) is 10.0 Å². The van der Waals surface area contributed by atoms with E-state index < -0.39 is 10.0 Å². The molecule has 0 radical (unpaired) electrons. The lowest BCUT2D eigenvalue weighted by atomic mass is 10.0. The number of amides is 1. The Morgan fingerprint density at radius 3 is 2.68 bits per heavy atom. The number of aryl methyl sites for hydroxylation is 1. The van der Waals surface area contributed by atoms with E-state index in [9.17, 15) is 13.2 Å². The number of nitrogens with zero attached hydrogens (tertiary/aromatic N) is 4. The molecule has 6 rings (SSSR count). The third-order valence-electron chi connectivity index (χ3n) is 6.50. The van der Waals surface area contributed by atoms with Crippen LogP contribution in [-0.2, 0) is 16.4 Å². The minimum absolute atomic E-state index is 0.0608. The smallest absolute Gasteiger partial charge is 0.277 e. The second-order valence-electron chi connectivity index (χ2n) is 8.92. The van der Waals surface area contributed by atoms with Crippen LogP contribution in [0.25, 0.3) is 27.8 Å². The fourth-order valence-corrected chi connectivity index (χ4v) is 5.56. The maximum absolute atomic E-state index is 13.8. The van der Waals surface area contributed by atoms with Crippen molar-refractivity contribution in [2.45, 2.75) is 18.2 Å². The standard InChI is InChI=1S/C26H22N6O4S/c1-15-12-22(32(29-15)18-7-9-23-20(14-18)25(27)30-36-23)26(33)31-11-10-17-13-16(6-8-21(17)31)19-4-2-3-5-24(19)37(28,34)35/h2-9,12-14H,10-11H2,1H3,(H2,27,30)(H2,28,34,35). The van der Waals surface area contributed by atoms with E-state index in [4.69, 9.17) is 15.4 Å². The zero-order chi connectivity index (χ0) is 25.9. The largest absolute Gasteiger partial charge is 0.380 e. The van der Waals surface area contributed by atoms with E-state index in [1.54, 1.807) is 58.1 Å². The van der Waals surface area contributed by atoms with E-state index >= 15 is 0 Å². The van der Waals surface area contributed by atoms with Crippen LogP contribution >= 0.6 is 0 Å². The first-order chi connectivity index (χ1) is 17.7. The number of anilines is 2. The first-order valence-corrected chi connectivity index (χ1v) is 13.0. The Morgan fingerprint density at radius 2 is 1.86 bits per heavy atom. The van der Waals surface area contributed by atoms with Gasteiger partial charge in [-0.05, 0) is 66.9 Å². The fourth-order valence-electron chi connectivity index (χ4n) is 4.80. The molecule has 10 nitrogen and oxygen atoms in total. The minimum Gasteiger partial charge on any atom is -0.380 e. The van der Waals surface area contributed by atoms with Crippen LogP contribution in [0.15, 0.2) is 76.1 Å². The van der Waals surface area contributed by atoms with Crippen molar-refractivity contribution in [1.29, 1.82) is 0 Å². The van der Waals surface area contributed by atoms with Crippen molar-refractivity contribution >= 4 is 38.4 Å². The second kappa shape index (κ2) is 8.29. The number of hydrogen-bond donors (Lipinski definition) is 2. The van der Waals surface area contributed by atoms with Crippen LogP contribution < -0.4 is 15.8 Å². The topological polar surface area (TPSA) is 150 Å². The molecule has 0 bridgehead atoms. The van der Waals surface area contributed by atoms with Gasteiger partial charge in [0.05, 0.1) is 21.7 Å². The summed E-state index contributed by atoms with van der Waals surface area (Å²) < 4.78 is 31.0. The van der Waals surface area contributed by atoms with Gasteiger partial charge in [0, 0.05) is 17.8 Å². The Kier molecular flexibility index (Phi) is 5.14. The lowest BCUT2D eigenvalue weighted by Gasteiger charge is -2.18. The molecule has 2 aromatic heterocycles. The van der Waals surface area contributed by atoms with Gasteiger partial charge in [-0.15, -0.1) is 0 Å². The average Bonchev–Trinajstić information content (AvgIpc) is 3.59. The second-order valence-corrected chi connectivity index (χ2v) is 10.5. The molecule has 0 aliphatic carbocycles. The molecule has 0 fully saturated rings. The molecule has 1 aliphatic heterocycles. The van der Waals surface area contributed by atoms with Gasteiger partial charge in [-0.25, -0.2) is 18.2 Å². The molecule has 1 amide bonds. The molecule has 1 aliphatic rings. The van der Waals surface area contributed by atoms with Gasteiger partial charge in [0.25, 0.3) is 5.91 Å². The molecule has 0 spiro atoms. The molecular weight excluding hydrogens is 492 g/mol. The number of nitrogens with two attached hydrogens (primary N) is 2. The van der Waals surface area contributed by atoms with Crippen LogP contribution in [0.1, 0.15) is 21.7 Å². The van der Waals surface area contributed by atoms with Crippen LogP contribution in [0.5, 0.6) is 0 Å². The molecule has 0 unspecified atom stereocenters. The number of benzene rings is 3. The van der Waals surface area contributed by atoms with E-state index in [0.717, 1.165) is 16.8 Å². The number of fused-ring (bicyclic) bond motifs is 2. The molecule has 0 saturated carbocycles. The number of carbonyl (C=O) groups is 1. The van der Waals surface area contributed by atoms with Crippen molar-refractivity contribution in [3.8, 4) is 16.8 Å². The van der Waals surface area contributed by atoms with E-state index in [1.807, 2.05) is 19.1 Å². The van der Waals surface area contributed by atoms with E-state index in [2.05, 4.69) is 10.3 Å². The van der Waals surface area contributed by atoms with E-state index in [1.165, 1.54) is 6.07 Å². The highest BCUT2D eigenvalue weighted by Crippen LogP contribution is 2.35. The number of primary sulfonamides is 1. The monoisotopic (exact) mass is 514 g/mol. The highest BCUT2D eigenvalue weighted by molar-refractivity contribution is 7.89. The third kappa shape index (κ3) is 3.85. The number of sulfonamides is 1. The summed E-state index contributed by atoms with van der Waals surface area (Å²) in [5, 5.41) is 14.4. The normalized spacial score (nSPS) is 13.3. The molecule has 11 heteroatoms. The summed E-state index contributed by atoms with van der Waals surface area (Å²) in [6.45, 7) is 2.31. The number of hydrogen-bond acceptors (Lipinski definition) is 7. The predicted molar refractivity (Wildman–Crippen MR) is 139 cm³/mol. The molecule has 0 saturated heterocycles. The fraction of sp³-hybridized carbons (Fsp3) is 0.115. The lowest BCUT2D eigenvalue weighted by Crippen LogP contribution is -2.30. The predicted octanol–water partition coefficient (Wildman–Crippen LogP) is 3.42. The molecule has 5 aromatic rings. The van der Waals surface area contributed by atoms with E-state index in [0.29, 0.717) is 46.6 Å². The van der Waals surface area contributed by atoms with Crippen molar-refractivity contribution in [1.82, 2.24) is 14.9 Å². The van der Waals surface area contributed by atoms with Crippen molar-refractivity contribution in [3.63, 3.8) is 0 Å². The van der Waals surface area contributed by atoms with Crippen LogP contribution in [0.3, 0.4) is 0 Å². The minimum atomic E-state index is -3.89. The maximum atomic E-state index is 13.8. The summed E-state index contributed by atoms with van der Waals surface area (Å²) in [5.74, 6) is 0.0670.